The van der Waals surface area contributed by atoms with Crippen LogP contribution in [0.3, 0.4) is 0 Å². The summed E-state index contributed by atoms with van der Waals surface area (Å²) in [5.41, 5.74) is 0.122. The molecule has 2 aliphatic rings. The summed E-state index contributed by atoms with van der Waals surface area (Å²) < 4.78 is 6.14. The molecule has 0 radical (unpaired) electrons. The van der Waals surface area contributed by atoms with E-state index in [1.165, 1.54) is 57.8 Å². The van der Waals surface area contributed by atoms with Gasteiger partial charge in [0.15, 0.2) is 0 Å². The molecule has 0 heterocycles. The van der Waals surface area contributed by atoms with Crippen LogP contribution in [0.1, 0.15) is 71.6 Å². The summed E-state index contributed by atoms with van der Waals surface area (Å²) in [5.74, 6) is 1.73. The van der Waals surface area contributed by atoms with Crippen molar-refractivity contribution in [1.82, 2.24) is 5.32 Å². The summed E-state index contributed by atoms with van der Waals surface area (Å²) in [7, 11) is 1.95. The summed E-state index contributed by atoms with van der Waals surface area (Å²) >= 11 is 0. The molecule has 0 aromatic carbocycles. The molecule has 1 N–H and O–H groups in total. The molecule has 2 rings (SSSR count). The molecule has 0 aliphatic heterocycles. The number of hydrogen-bond acceptors (Lipinski definition) is 2. The highest BCUT2D eigenvalue weighted by molar-refractivity contribution is 5.00. The molecule has 2 nitrogen and oxygen atoms in total. The van der Waals surface area contributed by atoms with E-state index < -0.39 is 0 Å². The van der Waals surface area contributed by atoms with Crippen LogP contribution in [0.25, 0.3) is 0 Å². The summed E-state index contributed by atoms with van der Waals surface area (Å²) in [6, 6.07) is 0.590. The molecule has 19 heavy (non-hydrogen) atoms. The minimum Gasteiger partial charge on any atom is -0.377 e. The van der Waals surface area contributed by atoms with Crippen LogP contribution in [-0.4, -0.2) is 25.3 Å². The third-order valence-corrected chi connectivity index (χ3v) is 5.58. The molecule has 2 aliphatic carbocycles. The Balaban J connectivity index is 2.08. The van der Waals surface area contributed by atoms with Crippen molar-refractivity contribution in [2.24, 2.45) is 11.8 Å². The molecule has 2 heteroatoms. The van der Waals surface area contributed by atoms with Crippen LogP contribution >= 0.6 is 0 Å². The molecule has 0 aromatic rings. The van der Waals surface area contributed by atoms with Crippen molar-refractivity contribution in [3.63, 3.8) is 0 Å². The van der Waals surface area contributed by atoms with E-state index in [-0.39, 0.29) is 5.60 Å². The molecule has 112 valence electrons. The summed E-state index contributed by atoms with van der Waals surface area (Å²) in [6.45, 7) is 5.80. The Bertz CT molecular complexity index is 252. The Morgan fingerprint density at radius 2 is 1.79 bits per heavy atom. The number of methoxy groups -OCH3 is 1. The van der Waals surface area contributed by atoms with Gasteiger partial charge in [0, 0.05) is 13.2 Å². The topological polar surface area (TPSA) is 21.3 Å². The SMILES string of the molecule is CCCNC(C1CCCC1)C1(OC)CCC(C)CC1. The standard InChI is InChI=1S/C17H33NO/c1-4-13-18-16(15-7-5-6-8-15)17(19-3)11-9-14(2)10-12-17/h14-16,18H,4-13H2,1-3H3. The van der Waals surface area contributed by atoms with Crippen LogP contribution in [0.2, 0.25) is 0 Å². The first-order chi connectivity index (χ1) is 9.22. The van der Waals surface area contributed by atoms with E-state index in [4.69, 9.17) is 4.74 Å². The molecule has 1 atom stereocenters. The lowest BCUT2D eigenvalue weighted by molar-refractivity contribution is -0.0877. The van der Waals surface area contributed by atoms with Gasteiger partial charge in [0.1, 0.15) is 0 Å². The molecule has 0 bridgehead atoms. The molecule has 1 unspecified atom stereocenters. The van der Waals surface area contributed by atoms with Gasteiger partial charge in [-0.2, -0.15) is 0 Å². The van der Waals surface area contributed by atoms with Crippen molar-refractivity contribution < 1.29 is 4.74 Å². The van der Waals surface area contributed by atoms with E-state index >= 15 is 0 Å². The van der Waals surface area contributed by atoms with Gasteiger partial charge in [0.05, 0.1) is 5.60 Å². The number of hydrogen-bond donors (Lipinski definition) is 1. The second-order valence-corrected chi connectivity index (χ2v) is 6.93. The van der Waals surface area contributed by atoms with Gasteiger partial charge < -0.3 is 10.1 Å². The first kappa shape index (κ1) is 15.3. The lowest BCUT2D eigenvalue weighted by Crippen LogP contribution is -2.57. The van der Waals surface area contributed by atoms with E-state index in [1.54, 1.807) is 0 Å². The van der Waals surface area contributed by atoms with Crippen LogP contribution in [-0.2, 0) is 4.74 Å². The van der Waals surface area contributed by atoms with Crippen molar-refractivity contribution in [2.75, 3.05) is 13.7 Å². The Kier molecular flexibility index (Phi) is 5.70. The molecular formula is C17H33NO. The normalized spacial score (nSPS) is 34.6. The van der Waals surface area contributed by atoms with E-state index in [0.29, 0.717) is 6.04 Å². The maximum atomic E-state index is 6.14. The van der Waals surface area contributed by atoms with Crippen LogP contribution in [0.5, 0.6) is 0 Å². The van der Waals surface area contributed by atoms with Gasteiger partial charge in [0.2, 0.25) is 0 Å². The van der Waals surface area contributed by atoms with Crippen molar-refractivity contribution in [3.05, 3.63) is 0 Å². The molecule has 0 aromatic heterocycles. The lowest BCUT2D eigenvalue weighted by Gasteiger charge is -2.47. The summed E-state index contributed by atoms with van der Waals surface area (Å²) in [6.07, 6.45) is 12.1. The predicted molar refractivity (Wildman–Crippen MR) is 81.4 cm³/mol. The number of nitrogens with one attached hydrogen (secondary N) is 1. The highest BCUT2D eigenvalue weighted by atomic mass is 16.5. The Labute approximate surface area is 119 Å². The maximum Gasteiger partial charge on any atom is 0.0833 e. The van der Waals surface area contributed by atoms with E-state index in [0.717, 1.165) is 18.4 Å². The van der Waals surface area contributed by atoms with Gasteiger partial charge in [-0.1, -0.05) is 26.7 Å². The van der Waals surface area contributed by atoms with Crippen molar-refractivity contribution in [2.45, 2.75) is 83.3 Å². The largest absolute Gasteiger partial charge is 0.377 e. The molecule has 0 spiro atoms. The first-order valence-corrected chi connectivity index (χ1v) is 8.50. The monoisotopic (exact) mass is 267 g/mol. The Morgan fingerprint density at radius 1 is 1.16 bits per heavy atom. The molecule has 2 saturated carbocycles. The smallest absolute Gasteiger partial charge is 0.0833 e. The van der Waals surface area contributed by atoms with E-state index in [1.807, 2.05) is 7.11 Å². The average Bonchev–Trinajstić information content (AvgIpc) is 2.95. The third-order valence-electron chi connectivity index (χ3n) is 5.58. The van der Waals surface area contributed by atoms with Gasteiger partial charge in [0.25, 0.3) is 0 Å². The zero-order chi connectivity index (χ0) is 13.7. The molecule has 2 fully saturated rings. The minimum atomic E-state index is 0.122. The van der Waals surface area contributed by atoms with Gasteiger partial charge in [-0.05, 0) is 63.3 Å². The zero-order valence-corrected chi connectivity index (χ0v) is 13.2. The first-order valence-electron chi connectivity index (χ1n) is 8.50. The van der Waals surface area contributed by atoms with Gasteiger partial charge in [-0.25, -0.2) is 0 Å². The third kappa shape index (κ3) is 3.52. The molecule has 0 amide bonds. The van der Waals surface area contributed by atoms with E-state index in [2.05, 4.69) is 19.2 Å². The Morgan fingerprint density at radius 3 is 2.32 bits per heavy atom. The number of ether oxygens (including phenoxy) is 1. The quantitative estimate of drug-likeness (QED) is 0.781. The van der Waals surface area contributed by atoms with Gasteiger partial charge in [-0.3, -0.25) is 0 Å². The maximum absolute atomic E-state index is 6.14. The van der Waals surface area contributed by atoms with Crippen molar-refractivity contribution in [3.8, 4) is 0 Å². The fourth-order valence-corrected chi connectivity index (χ4v) is 4.27. The van der Waals surface area contributed by atoms with Crippen LogP contribution in [0.15, 0.2) is 0 Å². The highest BCUT2D eigenvalue weighted by Gasteiger charge is 2.45. The average molecular weight is 267 g/mol. The zero-order valence-electron chi connectivity index (χ0n) is 13.2. The number of rotatable bonds is 6. The van der Waals surface area contributed by atoms with Crippen molar-refractivity contribution in [1.29, 1.82) is 0 Å². The van der Waals surface area contributed by atoms with E-state index in [9.17, 15) is 0 Å². The highest BCUT2D eigenvalue weighted by Crippen LogP contribution is 2.42. The second kappa shape index (κ2) is 7.08. The fourth-order valence-electron chi connectivity index (χ4n) is 4.27. The Hall–Kier alpha value is -0.0800. The van der Waals surface area contributed by atoms with Crippen LogP contribution in [0, 0.1) is 11.8 Å². The molecular weight excluding hydrogens is 234 g/mol. The van der Waals surface area contributed by atoms with Gasteiger partial charge in [-0.15, -0.1) is 0 Å². The van der Waals surface area contributed by atoms with Crippen LogP contribution < -0.4 is 5.32 Å². The van der Waals surface area contributed by atoms with Crippen molar-refractivity contribution >= 4 is 0 Å². The van der Waals surface area contributed by atoms with Crippen LogP contribution in [0.4, 0.5) is 0 Å². The summed E-state index contributed by atoms with van der Waals surface area (Å²) in [4.78, 5) is 0. The van der Waals surface area contributed by atoms with Gasteiger partial charge >= 0.3 is 0 Å². The summed E-state index contributed by atoms with van der Waals surface area (Å²) in [5, 5.41) is 3.86. The lowest BCUT2D eigenvalue weighted by atomic mass is 9.71. The predicted octanol–water partition coefficient (Wildman–Crippen LogP) is 4.14. The fraction of sp³-hybridized carbons (Fsp3) is 1.00. The minimum absolute atomic E-state index is 0.122. The molecule has 0 saturated heterocycles. The second-order valence-electron chi connectivity index (χ2n) is 6.93.